The predicted molar refractivity (Wildman–Crippen MR) is 118 cm³/mol. The van der Waals surface area contributed by atoms with Gasteiger partial charge in [-0.05, 0) is 56.3 Å². The summed E-state index contributed by atoms with van der Waals surface area (Å²) in [4.78, 5) is 13.3. The zero-order valence-electron chi connectivity index (χ0n) is 17.5. The van der Waals surface area contributed by atoms with Gasteiger partial charge in [0.2, 0.25) is 15.9 Å². The zero-order chi connectivity index (χ0) is 22.3. The van der Waals surface area contributed by atoms with E-state index in [1.807, 2.05) is 13.8 Å². The molecule has 164 valence electrons. The lowest BCUT2D eigenvalue weighted by atomic mass is 10.3. The van der Waals surface area contributed by atoms with Gasteiger partial charge in [-0.2, -0.15) is 4.31 Å². The van der Waals surface area contributed by atoms with E-state index in [1.165, 1.54) is 40.3 Å². The fourth-order valence-electron chi connectivity index (χ4n) is 2.70. The van der Waals surface area contributed by atoms with Gasteiger partial charge in [0.25, 0.3) is 0 Å². The maximum absolute atomic E-state index is 13.0. The molecule has 1 N–H and O–H groups in total. The molecule has 0 saturated heterocycles. The number of benzene rings is 2. The molecule has 2 aromatic carbocycles. The molecule has 6 nitrogen and oxygen atoms in total. The van der Waals surface area contributed by atoms with Crippen molar-refractivity contribution in [2.75, 3.05) is 24.2 Å². The molecule has 0 aliphatic carbocycles. The quantitative estimate of drug-likeness (QED) is 0.540. The molecule has 0 radical (unpaired) electrons. The van der Waals surface area contributed by atoms with Gasteiger partial charge in [-0.1, -0.05) is 13.8 Å². The summed E-state index contributed by atoms with van der Waals surface area (Å²) >= 11 is 1.25. The van der Waals surface area contributed by atoms with Crippen molar-refractivity contribution in [2.24, 2.45) is 0 Å². The molecule has 0 bridgehead atoms. The number of hydrogen-bond acceptors (Lipinski definition) is 5. The van der Waals surface area contributed by atoms with E-state index in [0.29, 0.717) is 24.5 Å². The Kier molecular flexibility index (Phi) is 8.69. The highest BCUT2D eigenvalue weighted by Crippen LogP contribution is 2.30. The predicted octanol–water partition coefficient (Wildman–Crippen LogP) is 4.37. The largest absolute Gasteiger partial charge is 0.489 e. The first kappa shape index (κ1) is 24.2. The van der Waals surface area contributed by atoms with Gasteiger partial charge in [0, 0.05) is 18.0 Å². The Morgan fingerprint density at radius 1 is 1.13 bits per heavy atom. The summed E-state index contributed by atoms with van der Waals surface area (Å²) in [5.41, 5.74) is 0.293. The standard InChI is InChI=1S/C21H27FN2O4S2/c1-5-24(6-2)30(26,27)18-11-12-20(28-15(3)4)19(13-18)23-21(25)14-29-17-9-7-16(22)8-10-17/h7-13,15H,5-6,14H2,1-4H3,(H,23,25). The van der Waals surface area contributed by atoms with Crippen LogP contribution in [-0.4, -0.2) is 43.6 Å². The Bertz CT molecular complexity index is 959. The highest BCUT2D eigenvalue weighted by molar-refractivity contribution is 8.00. The topological polar surface area (TPSA) is 75.7 Å². The van der Waals surface area contributed by atoms with E-state index in [4.69, 9.17) is 4.74 Å². The maximum atomic E-state index is 13.0. The number of nitrogens with zero attached hydrogens (tertiary/aromatic N) is 1. The van der Waals surface area contributed by atoms with Crippen LogP contribution in [0.25, 0.3) is 0 Å². The third kappa shape index (κ3) is 6.45. The molecule has 2 rings (SSSR count). The van der Waals surface area contributed by atoms with Crippen LogP contribution in [-0.2, 0) is 14.8 Å². The average Bonchev–Trinajstić information content (AvgIpc) is 2.69. The summed E-state index contributed by atoms with van der Waals surface area (Å²) < 4.78 is 45.8. The maximum Gasteiger partial charge on any atom is 0.243 e. The fraction of sp³-hybridized carbons (Fsp3) is 0.381. The number of thioether (sulfide) groups is 1. The van der Waals surface area contributed by atoms with E-state index >= 15 is 0 Å². The summed E-state index contributed by atoms with van der Waals surface area (Å²) in [5.74, 6) is -0.191. The lowest BCUT2D eigenvalue weighted by Gasteiger charge is -2.20. The number of nitrogens with one attached hydrogen (secondary N) is 1. The van der Waals surface area contributed by atoms with E-state index < -0.39 is 10.0 Å². The van der Waals surface area contributed by atoms with Crippen molar-refractivity contribution in [2.45, 2.75) is 43.6 Å². The third-order valence-electron chi connectivity index (χ3n) is 4.11. The van der Waals surface area contributed by atoms with E-state index in [-0.39, 0.29) is 28.5 Å². The minimum absolute atomic E-state index is 0.0831. The van der Waals surface area contributed by atoms with Crippen LogP contribution in [0.15, 0.2) is 52.3 Å². The molecule has 30 heavy (non-hydrogen) atoms. The van der Waals surface area contributed by atoms with E-state index in [2.05, 4.69) is 5.32 Å². The smallest absolute Gasteiger partial charge is 0.243 e. The summed E-state index contributed by atoms with van der Waals surface area (Å²) in [7, 11) is -3.68. The SMILES string of the molecule is CCN(CC)S(=O)(=O)c1ccc(OC(C)C)c(NC(=O)CSc2ccc(F)cc2)c1. The first-order valence-electron chi connectivity index (χ1n) is 9.66. The molecular formula is C21H27FN2O4S2. The van der Waals surface area contributed by atoms with E-state index in [1.54, 1.807) is 32.0 Å². The second-order valence-corrected chi connectivity index (χ2v) is 9.69. The Morgan fingerprint density at radius 2 is 1.77 bits per heavy atom. The molecule has 9 heteroatoms. The number of carbonyl (C=O) groups is 1. The van der Waals surface area contributed by atoms with Gasteiger partial charge in [0.1, 0.15) is 11.6 Å². The fourth-order valence-corrected chi connectivity index (χ4v) is 4.89. The molecule has 0 spiro atoms. The van der Waals surface area contributed by atoms with Gasteiger partial charge >= 0.3 is 0 Å². The molecule has 0 unspecified atom stereocenters. The average molecular weight is 455 g/mol. The van der Waals surface area contributed by atoms with Gasteiger partial charge in [0.15, 0.2) is 0 Å². The number of halogens is 1. The number of sulfonamides is 1. The molecule has 0 aliphatic rings. The second kappa shape index (κ2) is 10.8. The molecule has 1 amide bonds. The van der Waals surface area contributed by atoms with E-state index in [9.17, 15) is 17.6 Å². The zero-order valence-corrected chi connectivity index (χ0v) is 19.1. The highest BCUT2D eigenvalue weighted by Gasteiger charge is 2.23. The Morgan fingerprint density at radius 3 is 2.33 bits per heavy atom. The Hall–Kier alpha value is -2.10. The van der Waals surface area contributed by atoms with Crippen LogP contribution in [0.5, 0.6) is 5.75 Å². The summed E-state index contributed by atoms with van der Waals surface area (Å²) in [6.45, 7) is 7.92. The Balaban J connectivity index is 2.24. The van der Waals surface area contributed by atoms with E-state index in [0.717, 1.165) is 4.90 Å². The molecule has 0 aliphatic heterocycles. The van der Waals surface area contributed by atoms with Crippen molar-refractivity contribution >= 4 is 33.4 Å². The number of anilines is 1. The number of hydrogen-bond donors (Lipinski definition) is 1. The number of ether oxygens (including phenoxy) is 1. The Labute approximate surface area is 181 Å². The molecule has 0 atom stereocenters. The summed E-state index contributed by atoms with van der Waals surface area (Å²) in [5, 5.41) is 2.74. The number of carbonyl (C=O) groups excluding carboxylic acids is 1. The first-order valence-corrected chi connectivity index (χ1v) is 12.1. The van der Waals surface area contributed by atoms with Crippen LogP contribution in [0.1, 0.15) is 27.7 Å². The molecular weight excluding hydrogens is 427 g/mol. The normalized spacial score (nSPS) is 11.7. The van der Waals surface area contributed by atoms with Gasteiger partial charge in [0.05, 0.1) is 22.4 Å². The second-order valence-electron chi connectivity index (χ2n) is 6.70. The van der Waals surface area contributed by atoms with Gasteiger partial charge in [-0.15, -0.1) is 11.8 Å². The first-order chi connectivity index (χ1) is 14.2. The van der Waals surface area contributed by atoms with Crippen molar-refractivity contribution in [3.8, 4) is 5.75 Å². The van der Waals surface area contributed by atoms with Crippen molar-refractivity contribution in [3.63, 3.8) is 0 Å². The third-order valence-corrected chi connectivity index (χ3v) is 7.17. The monoisotopic (exact) mass is 454 g/mol. The van der Waals surface area contributed by atoms with Gasteiger partial charge in [-0.3, -0.25) is 4.79 Å². The van der Waals surface area contributed by atoms with Crippen molar-refractivity contribution in [1.82, 2.24) is 4.31 Å². The lowest BCUT2D eigenvalue weighted by molar-refractivity contribution is -0.113. The number of amides is 1. The molecule has 2 aromatic rings. The molecule has 0 heterocycles. The molecule has 0 saturated carbocycles. The van der Waals surface area contributed by atoms with Gasteiger partial charge < -0.3 is 10.1 Å². The van der Waals surface area contributed by atoms with Crippen molar-refractivity contribution in [3.05, 3.63) is 48.3 Å². The van der Waals surface area contributed by atoms with Crippen molar-refractivity contribution < 1.29 is 22.3 Å². The minimum Gasteiger partial charge on any atom is -0.489 e. The van der Waals surface area contributed by atoms with Crippen LogP contribution >= 0.6 is 11.8 Å². The summed E-state index contributed by atoms with van der Waals surface area (Å²) in [6, 6.07) is 10.3. The molecule has 0 fully saturated rings. The van der Waals surface area contributed by atoms with Crippen LogP contribution in [0, 0.1) is 5.82 Å². The highest BCUT2D eigenvalue weighted by atomic mass is 32.2. The van der Waals surface area contributed by atoms with Crippen molar-refractivity contribution in [1.29, 1.82) is 0 Å². The van der Waals surface area contributed by atoms with Crippen LogP contribution in [0.3, 0.4) is 0 Å². The van der Waals surface area contributed by atoms with Crippen LogP contribution < -0.4 is 10.1 Å². The summed E-state index contributed by atoms with van der Waals surface area (Å²) in [6.07, 6.45) is -0.153. The van der Waals surface area contributed by atoms with Crippen LogP contribution in [0.4, 0.5) is 10.1 Å². The minimum atomic E-state index is -3.68. The van der Waals surface area contributed by atoms with Crippen LogP contribution in [0.2, 0.25) is 0 Å². The molecule has 0 aromatic heterocycles. The number of rotatable bonds is 10. The van der Waals surface area contributed by atoms with Gasteiger partial charge in [-0.25, -0.2) is 12.8 Å². The lowest BCUT2D eigenvalue weighted by Crippen LogP contribution is -2.30.